The summed E-state index contributed by atoms with van der Waals surface area (Å²) in [5, 5.41) is 13.2. The number of unbranched alkanes of at least 4 members (excludes halogenated alkanes) is 1. The molecule has 0 heterocycles. The second-order valence-corrected chi connectivity index (χ2v) is 3.82. The summed E-state index contributed by atoms with van der Waals surface area (Å²) in [7, 11) is -0.674. The van der Waals surface area contributed by atoms with Crippen LogP contribution in [0.4, 0.5) is 13.2 Å². The van der Waals surface area contributed by atoms with Crippen molar-refractivity contribution in [2.45, 2.75) is 38.5 Å². The Bertz CT molecular complexity index is 289. The highest BCUT2D eigenvalue weighted by Gasteiger charge is 2.39. The fourth-order valence-electron chi connectivity index (χ4n) is 1.24. The zero-order valence-electron chi connectivity index (χ0n) is 10.4. The first-order valence-corrected chi connectivity index (χ1v) is 5.65. The van der Waals surface area contributed by atoms with Crippen LogP contribution in [0.5, 0.6) is 0 Å². The largest absolute Gasteiger partial charge is 0.471 e. The molecule has 10 heteroatoms. The quantitative estimate of drug-likeness (QED) is 0.241. The summed E-state index contributed by atoms with van der Waals surface area (Å²) < 4.78 is 40.3. The molecule has 110 valence electrons. The normalized spacial score (nSPS) is 12.7. The van der Waals surface area contributed by atoms with Gasteiger partial charge in [-0.2, -0.15) is 13.2 Å². The van der Waals surface area contributed by atoms with Gasteiger partial charge in [0, 0.05) is 6.42 Å². The van der Waals surface area contributed by atoms with E-state index >= 15 is 0 Å². The molecule has 1 unspecified atom stereocenters. The smallest absolute Gasteiger partial charge is 0.444 e. The summed E-state index contributed by atoms with van der Waals surface area (Å²) in [5.41, 5.74) is 0. The van der Waals surface area contributed by atoms with E-state index in [1.807, 2.05) is 0 Å². The Hall–Kier alpha value is -1.29. The van der Waals surface area contributed by atoms with E-state index in [4.69, 9.17) is 5.02 Å². The van der Waals surface area contributed by atoms with Gasteiger partial charge < -0.3 is 20.3 Å². The molecule has 3 N–H and O–H groups in total. The predicted octanol–water partition coefficient (Wildman–Crippen LogP) is 0.0342. The van der Waals surface area contributed by atoms with Crippen molar-refractivity contribution in [1.29, 1.82) is 0 Å². The summed E-state index contributed by atoms with van der Waals surface area (Å²) in [6.07, 6.45) is -5.30. The van der Waals surface area contributed by atoms with Gasteiger partial charge >= 0.3 is 19.1 Å². The van der Waals surface area contributed by atoms with Crippen molar-refractivity contribution in [3.05, 3.63) is 0 Å². The number of hydrogen-bond donors (Lipinski definition) is 3. The Kier molecular flexibility index (Phi) is 8.16. The third-order valence-corrected chi connectivity index (χ3v) is 2.10. The zero-order chi connectivity index (χ0) is 14.9. The molecule has 0 bridgehead atoms. The Morgan fingerprint density at radius 2 is 2.11 bits per heavy atom. The van der Waals surface area contributed by atoms with E-state index in [2.05, 4.69) is 9.96 Å². The van der Waals surface area contributed by atoms with Gasteiger partial charge in [0.25, 0.3) is 6.47 Å². The summed E-state index contributed by atoms with van der Waals surface area (Å²) in [6, 6.07) is 0. The lowest BCUT2D eigenvalue weighted by Crippen LogP contribution is -2.44. The van der Waals surface area contributed by atoms with Gasteiger partial charge in [0.2, 0.25) is 0 Å². The molecule has 1 atom stereocenters. The minimum atomic E-state index is -5.02. The highest BCUT2D eigenvalue weighted by Crippen LogP contribution is 2.15. The first kappa shape index (κ1) is 17.7. The lowest BCUT2D eigenvalue weighted by atomic mass is 9.89. The number of amides is 1. The van der Waals surface area contributed by atoms with Crippen LogP contribution in [0.3, 0.4) is 0 Å². The van der Waals surface area contributed by atoms with Crippen LogP contribution in [0.2, 0.25) is 6.82 Å². The van der Waals surface area contributed by atoms with E-state index in [0.717, 1.165) is 0 Å². The molecule has 0 radical (unpaired) electrons. The monoisotopic (exact) mass is 284 g/mol. The number of halogens is 3. The molecule has 0 spiro atoms. The fraction of sp³-hybridized carbons (Fsp3) is 0.778. The fourth-order valence-corrected chi connectivity index (χ4v) is 1.24. The van der Waals surface area contributed by atoms with Gasteiger partial charge in [-0.25, -0.2) is 0 Å². The molecule has 0 aliphatic carbocycles. The van der Waals surface area contributed by atoms with Gasteiger partial charge in [0.15, 0.2) is 6.23 Å². The second-order valence-electron chi connectivity index (χ2n) is 3.82. The predicted molar refractivity (Wildman–Crippen MR) is 60.8 cm³/mol. The molecule has 19 heavy (non-hydrogen) atoms. The van der Waals surface area contributed by atoms with E-state index in [1.165, 1.54) is 6.82 Å². The van der Waals surface area contributed by atoms with Gasteiger partial charge in [0.1, 0.15) is 0 Å². The molecule has 0 fully saturated rings. The van der Waals surface area contributed by atoms with E-state index in [0.29, 0.717) is 19.4 Å². The van der Waals surface area contributed by atoms with Gasteiger partial charge in [-0.1, -0.05) is 0 Å². The maximum absolute atomic E-state index is 12.0. The van der Waals surface area contributed by atoms with Gasteiger partial charge in [0.05, 0.1) is 0 Å². The summed E-state index contributed by atoms with van der Waals surface area (Å²) in [6.45, 7) is 1.97. The lowest BCUT2D eigenvalue weighted by Gasteiger charge is -2.17. The summed E-state index contributed by atoms with van der Waals surface area (Å²) in [5.74, 6) is -2.15. The van der Waals surface area contributed by atoms with Crippen molar-refractivity contribution in [2.24, 2.45) is 0 Å². The molecule has 1 amide bonds. The van der Waals surface area contributed by atoms with Crippen LogP contribution >= 0.6 is 0 Å². The average Bonchev–Trinajstić information content (AvgIpc) is 2.26. The van der Waals surface area contributed by atoms with E-state index in [1.54, 1.807) is 5.32 Å². The maximum atomic E-state index is 12.0. The summed E-state index contributed by atoms with van der Waals surface area (Å²) >= 11 is 0. The van der Waals surface area contributed by atoms with Crippen molar-refractivity contribution in [2.75, 3.05) is 6.54 Å². The van der Waals surface area contributed by atoms with E-state index in [9.17, 15) is 22.8 Å². The molecule has 0 saturated carbocycles. The molecule has 0 aliphatic heterocycles. The number of rotatable bonds is 9. The Labute approximate surface area is 108 Å². The number of hydrogen-bond acceptors (Lipinski definition) is 5. The first-order chi connectivity index (χ1) is 8.77. The minimum Gasteiger partial charge on any atom is -0.444 e. The lowest BCUT2D eigenvalue weighted by molar-refractivity contribution is -0.178. The van der Waals surface area contributed by atoms with Crippen LogP contribution in [0, 0.1) is 0 Å². The zero-order valence-corrected chi connectivity index (χ0v) is 10.4. The van der Waals surface area contributed by atoms with Crippen LogP contribution in [0.1, 0.15) is 19.3 Å². The molecule has 0 aromatic heterocycles. The molecule has 6 nitrogen and oxygen atoms in total. The van der Waals surface area contributed by atoms with E-state index in [-0.39, 0.29) is 12.9 Å². The average molecular weight is 284 g/mol. The first-order valence-electron chi connectivity index (χ1n) is 5.65. The third kappa shape index (κ3) is 9.31. The molecule has 0 aromatic carbocycles. The topological polar surface area (TPSA) is 87.7 Å². The Morgan fingerprint density at radius 1 is 1.47 bits per heavy atom. The number of ether oxygens (including phenoxy) is 1. The highest BCUT2D eigenvalue weighted by molar-refractivity contribution is 6.45. The molecular weight excluding hydrogens is 268 g/mol. The van der Waals surface area contributed by atoms with Crippen LogP contribution in [-0.2, 0) is 14.3 Å². The number of carbonyl (C=O) groups excluding carboxylic acids is 2. The summed E-state index contributed by atoms with van der Waals surface area (Å²) in [4.78, 5) is 20.8. The molecule has 0 saturated heterocycles. The number of alkyl halides is 3. The van der Waals surface area contributed by atoms with Gasteiger partial charge in [-0.3, -0.25) is 9.59 Å². The number of nitrogens with one attached hydrogen (secondary N) is 2. The van der Waals surface area contributed by atoms with Crippen molar-refractivity contribution in [3.63, 3.8) is 0 Å². The van der Waals surface area contributed by atoms with Crippen molar-refractivity contribution in [3.8, 4) is 0 Å². The third-order valence-electron chi connectivity index (χ3n) is 2.10. The highest BCUT2D eigenvalue weighted by atomic mass is 19.4. The number of carbonyl (C=O) groups is 2. The van der Waals surface area contributed by atoms with Crippen LogP contribution in [0.25, 0.3) is 0 Å². The minimum absolute atomic E-state index is 0.0185. The van der Waals surface area contributed by atoms with Gasteiger partial charge in [-0.15, -0.1) is 0 Å². The van der Waals surface area contributed by atoms with Crippen LogP contribution in [-0.4, -0.2) is 43.4 Å². The van der Waals surface area contributed by atoms with Gasteiger partial charge in [-0.05, 0) is 26.2 Å². The standard InChI is InChI=1S/C9H16BF3N2O4/c1-10(18)14-5-3-2-4-7(19-6-16)15-8(17)9(11,12)13/h6-7,14,18H,2-5H2,1H3,(H,15,17). The van der Waals surface area contributed by atoms with Crippen molar-refractivity contribution >= 4 is 19.4 Å². The van der Waals surface area contributed by atoms with Crippen molar-refractivity contribution in [1.82, 2.24) is 10.5 Å². The molecule has 0 rings (SSSR count). The SMILES string of the molecule is CB(O)NCCCCC(NC(=O)C(F)(F)F)OC=O. The van der Waals surface area contributed by atoms with Crippen molar-refractivity contribution < 1.29 is 32.5 Å². The maximum Gasteiger partial charge on any atom is 0.471 e. The second kappa shape index (κ2) is 8.75. The van der Waals surface area contributed by atoms with E-state index < -0.39 is 25.4 Å². The molecular formula is C9H16BF3N2O4. The molecule has 0 aromatic rings. The van der Waals surface area contributed by atoms with Crippen LogP contribution in [0.15, 0.2) is 0 Å². The molecule has 0 aliphatic rings. The van der Waals surface area contributed by atoms with Crippen LogP contribution < -0.4 is 10.5 Å². The Morgan fingerprint density at radius 3 is 2.58 bits per heavy atom. The Balaban J connectivity index is 3.99.